The molecule has 0 fully saturated rings. The molecular weight excluding hydrogens is 284 g/mol. The van der Waals surface area contributed by atoms with Gasteiger partial charge in [-0.05, 0) is 28.1 Å². The Bertz CT molecular complexity index is 618. The third-order valence-corrected chi connectivity index (χ3v) is 3.70. The van der Waals surface area contributed by atoms with E-state index in [0.29, 0.717) is 18.0 Å². The van der Waals surface area contributed by atoms with Crippen molar-refractivity contribution in [1.29, 1.82) is 0 Å². The molecule has 88 valence electrons. The number of aromatic nitrogens is 1. The fourth-order valence-corrected chi connectivity index (χ4v) is 2.88. The molecule has 1 aromatic carbocycles. The van der Waals surface area contributed by atoms with E-state index in [9.17, 15) is 4.79 Å². The third kappa shape index (κ3) is 1.38. The SMILES string of the molecule is COc1c2n(c3cccc(Br)c13)CCNC2=O. The molecule has 1 aliphatic rings. The van der Waals surface area contributed by atoms with Crippen molar-refractivity contribution in [2.24, 2.45) is 0 Å². The van der Waals surface area contributed by atoms with Crippen molar-refractivity contribution in [2.45, 2.75) is 6.54 Å². The quantitative estimate of drug-likeness (QED) is 0.876. The maximum absolute atomic E-state index is 11.9. The third-order valence-electron chi connectivity index (χ3n) is 3.03. The molecule has 1 aromatic heterocycles. The predicted octanol–water partition coefficient (Wildman–Crippen LogP) is 2.16. The number of hydrogen-bond acceptors (Lipinski definition) is 2. The number of carbonyl (C=O) groups excluding carboxylic acids is 1. The van der Waals surface area contributed by atoms with Crippen LogP contribution in [0.2, 0.25) is 0 Å². The first-order chi connectivity index (χ1) is 8.24. The number of methoxy groups -OCH3 is 1. The van der Waals surface area contributed by atoms with Gasteiger partial charge in [0.25, 0.3) is 5.91 Å². The standard InChI is InChI=1S/C12H11BrN2O2/c1-17-11-9-7(13)3-2-4-8(9)15-6-5-14-12(16)10(11)15/h2-4H,5-6H2,1H3,(H,14,16). The average molecular weight is 295 g/mol. The van der Waals surface area contributed by atoms with Gasteiger partial charge in [-0.25, -0.2) is 0 Å². The van der Waals surface area contributed by atoms with Crippen LogP contribution >= 0.6 is 15.9 Å². The zero-order valence-electron chi connectivity index (χ0n) is 9.29. The molecule has 2 aromatic rings. The summed E-state index contributed by atoms with van der Waals surface area (Å²) in [6.45, 7) is 1.43. The van der Waals surface area contributed by atoms with Gasteiger partial charge in [-0.1, -0.05) is 6.07 Å². The molecule has 5 heteroatoms. The van der Waals surface area contributed by atoms with E-state index in [2.05, 4.69) is 21.2 Å². The van der Waals surface area contributed by atoms with E-state index in [-0.39, 0.29) is 5.91 Å². The lowest BCUT2D eigenvalue weighted by molar-refractivity contribution is 0.0925. The largest absolute Gasteiger partial charge is 0.494 e. The van der Waals surface area contributed by atoms with E-state index >= 15 is 0 Å². The summed E-state index contributed by atoms with van der Waals surface area (Å²) < 4.78 is 8.36. The Hall–Kier alpha value is -1.49. The van der Waals surface area contributed by atoms with Gasteiger partial charge < -0.3 is 14.6 Å². The van der Waals surface area contributed by atoms with Crippen LogP contribution in [0.1, 0.15) is 10.5 Å². The molecule has 0 radical (unpaired) electrons. The van der Waals surface area contributed by atoms with Crippen molar-refractivity contribution in [1.82, 2.24) is 9.88 Å². The van der Waals surface area contributed by atoms with E-state index in [0.717, 1.165) is 21.9 Å². The lowest BCUT2D eigenvalue weighted by Gasteiger charge is -2.17. The van der Waals surface area contributed by atoms with E-state index in [1.165, 1.54) is 0 Å². The number of hydrogen-bond donors (Lipinski definition) is 1. The van der Waals surface area contributed by atoms with Crippen LogP contribution in [0.4, 0.5) is 0 Å². The van der Waals surface area contributed by atoms with Crippen molar-refractivity contribution in [2.75, 3.05) is 13.7 Å². The van der Waals surface area contributed by atoms with Gasteiger partial charge in [-0.3, -0.25) is 4.79 Å². The van der Waals surface area contributed by atoms with Crippen LogP contribution in [0, 0.1) is 0 Å². The number of ether oxygens (including phenoxy) is 1. The summed E-state index contributed by atoms with van der Waals surface area (Å²) in [5.74, 6) is 0.570. The lowest BCUT2D eigenvalue weighted by Crippen LogP contribution is -2.35. The number of fused-ring (bicyclic) bond motifs is 3. The van der Waals surface area contributed by atoms with Gasteiger partial charge in [0.1, 0.15) is 0 Å². The van der Waals surface area contributed by atoms with Crippen LogP contribution in [-0.2, 0) is 6.54 Å². The number of benzene rings is 1. The fourth-order valence-electron chi connectivity index (χ4n) is 2.35. The molecule has 0 aliphatic carbocycles. The molecule has 3 rings (SSSR count). The summed E-state index contributed by atoms with van der Waals surface area (Å²) in [7, 11) is 1.59. The average Bonchev–Trinajstić information content (AvgIpc) is 2.66. The first-order valence-corrected chi connectivity index (χ1v) is 6.16. The molecule has 0 atom stereocenters. The molecule has 0 saturated carbocycles. The molecule has 4 nitrogen and oxygen atoms in total. The second-order valence-corrected chi connectivity index (χ2v) is 4.78. The summed E-state index contributed by atoms with van der Waals surface area (Å²) in [4.78, 5) is 11.9. The van der Waals surface area contributed by atoms with Crippen molar-refractivity contribution < 1.29 is 9.53 Å². The Kier molecular flexibility index (Phi) is 2.36. The number of halogens is 1. The van der Waals surface area contributed by atoms with Crippen LogP contribution in [0.5, 0.6) is 5.75 Å². The molecule has 1 N–H and O–H groups in total. The van der Waals surface area contributed by atoms with Gasteiger partial charge in [-0.2, -0.15) is 0 Å². The predicted molar refractivity (Wildman–Crippen MR) is 68.5 cm³/mol. The van der Waals surface area contributed by atoms with Crippen LogP contribution in [0.15, 0.2) is 22.7 Å². The van der Waals surface area contributed by atoms with Crippen molar-refractivity contribution in [3.63, 3.8) is 0 Å². The number of carbonyl (C=O) groups is 1. The van der Waals surface area contributed by atoms with E-state index < -0.39 is 0 Å². The Balaban J connectivity index is 2.47. The Morgan fingerprint density at radius 1 is 1.47 bits per heavy atom. The van der Waals surface area contributed by atoms with Crippen LogP contribution in [-0.4, -0.2) is 24.1 Å². The number of nitrogens with one attached hydrogen (secondary N) is 1. The zero-order valence-corrected chi connectivity index (χ0v) is 10.9. The molecule has 0 spiro atoms. The molecule has 1 aliphatic heterocycles. The van der Waals surface area contributed by atoms with Gasteiger partial charge in [0.05, 0.1) is 18.0 Å². The van der Waals surface area contributed by atoms with Gasteiger partial charge in [-0.15, -0.1) is 0 Å². The highest BCUT2D eigenvalue weighted by Gasteiger charge is 2.27. The van der Waals surface area contributed by atoms with Crippen molar-refractivity contribution in [3.8, 4) is 5.75 Å². The monoisotopic (exact) mass is 294 g/mol. The molecule has 0 unspecified atom stereocenters. The van der Waals surface area contributed by atoms with Crippen LogP contribution in [0.3, 0.4) is 0 Å². The van der Waals surface area contributed by atoms with Gasteiger partial charge in [0.2, 0.25) is 0 Å². The molecule has 0 saturated heterocycles. The number of rotatable bonds is 1. The number of amides is 1. The summed E-state index contributed by atoms with van der Waals surface area (Å²) in [6, 6.07) is 5.92. The topological polar surface area (TPSA) is 43.3 Å². The first kappa shape index (κ1) is 10.7. The minimum atomic E-state index is -0.0730. The van der Waals surface area contributed by atoms with E-state index in [1.807, 2.05) is 22.8 Å². The van der Waals surface area contributed by atoms with E-state index in [4.69, 9.17) is 4.74 Å². The smallest absolute Gasteiger partial charge is 0.271 e. The van der Waals surface area contributed by atoms with Crippen LogP contribution < -0.4 is 10.1 Å². The maximum atomic E-state index is 11.9. The van der Waals surface area contributed by atoms with Gasteiger partial charge in [0, 0.05) is 17.6 Å². The second kappa shape index (κ2) is 3.77. The minimum absolute atomic E-state index is 0.0730. The lowest BCUT2D eigenvalue weighted by atomic mass is 10.2. The number of nitrogens with zero attached hydrogens (tertiary/aromatic N) is 1. The second-order valence-electron chi connectivity index (χ2n) is 3.92. The highest BCUT2D eigenvalue weighted by molar-refractivity contribution is 9.10. The molecule has 1 amide bonds. The van der Waals surface area contributed by atoms with Crippen molar-refractivity contribution >= 4 is 32.7 Å². The molecule has 0 bridgehead atoms. The van der Waals surface area contributed by atoms with Crippen LogP contribution in [0.25, 0.3) is 10.9 Å². The highest BCUT2D eigenvalue weighted by atomic mass is 79.9. The summed E-state index contributed by atoms with van der Waals surface area (Å²) in [5.41, 5.74) is 1.64. The normalized spacial score (nSPS) is 14.6. The summed E-state index contributed by atoms with van der Waals surface area (Å²) >= 11 is 3.51. The summed E-state index contributed by atoms with van der Waals surface area (Å²) in [5, 5.41) is 3.80. The van der Waals surface area contributed by atoms with E-state index in [1.54, 1.807) is 7.11 Å². The Morgan fingerprint density at radius 2 is 2.29 bits per heavy atom. The van der Waals surface area contributed by atoms with Gasteiger partial charge in [0.15, 0.2) is 11.4 Å². The zero-order chi connectivity index (χ0) is 12.0. The maximum Gasteiger partial charge on any atom is 0.271 e. The Labute approximate surface area is 107 Å². The first-order valence-electron chi connectivity index (χ1n) is 5.37. The molecular formula is C12H11BrN2O2. The Morgan fingerprint density at radius 3 is 3.06 bits per heavy atom. The highest BCUT2D eigenvalue weighted by Crippen LogP contribution is 2.38. The fraction of sp³-hybridized carbons (Fsp3) is 0.250. The molecule has 2 heterocycles. The summed E-state index contributed by atoms with van der Waals surface area (Å²) in [6.07, 6.45) is 0. The van der Waals surface area contributed by atoms with Gasteiger partial charge >= 0.3 is 0 Å². The molecule has 17 heavy (non-hydrogen) atoms. The minimum Gasteiger partial charge on any atom is -0.494 e. The van der Waals surface area contributed by atoms with Crippen molar-refractivity contribution in [3.05, 3.63) is 28.4 Å².